The first-order valence-electron chi connectivity index (χ1n) is 7.66. The fourth-order valence-electron chi connectivity index (χ4n) is 2.47. The summed E-state index contributed by atoms with van der Waals surface area (Å²) < 4.78 is 35.2. The molecule has 1 aromatic carbocycles. The molecule has 26 heavy (non-hydrogen) atoms. The molecule has 3 aromatic rings. The molecule has 0 saturated heterocycles. The maximum atomic E-state index is 12.8. The number of sulfonamides is 1. The summed E-state index contributed by atoms with van der Waals surface area (Å²) in [6, 6.07) is 9.27. The van der Waals surface area contributed by atoms with Crippen molar-refractivity contribution in [1.29, 1.82) is 0 Å². The molecule has 136 valence electrons. The van der Waals surface area contributed by atoms with Crippen LogP contribution in [0.25, 0.3) is 0 Å². The molecule has 7 nitrogen and oxygen atoms in total. The molecule has 0 aliphatic heterocycles. The summed E-state index contributed by atoms with van der Waals surface area (Å²) in [5, 5.41) is 0.222. The fraction of sp³-hybridized carbons (Fsp3) is 0.176. The first kappa shape index (κ1) is 18.4. The Bertz CT molecular complexity index is 986. The van der Waals surface area contributed by atoms with Crippen molar-refractivity contribution in [2.24, 2.45) is 7.05 Å². The van der Waals surface area contributed by atoms with Crippen molar-refractivity contribution in [3.63, 3.8) is 0 Å². The largest absolute Gasteiger partial charge is 0.497 e. The van der Waals surface area contributed by atoms with Crippen LogP contribution in [0.1, 0.15) is 17.4 Å². The summed E-state index contributed by atoms with van der Waals surface area (Å²) in [7, 11) is -0.465. The van der Waals surface area contributed by atoms with Crippen LogP contribution in [0.4, 0.5) is 0 Å². The molecule has 1 atom stereocenters. The van der Waals surface area contributed by atoms with Crippen molar-refractivity contribution in [1.82, 2.24) is 19.3 Å². The molecule has 0 saturated carbocycles. The van der Waals surface area contributed by atoms with E-state index in [1.54, 1.807) is 55.4 Å². The van der Waals surface area contributed by atoms with E-state index < -0.39 is 16.1 Å². The lowest BCUT2D eigenvalue weighted by molar-refractivity contribution is 0.414. The number of nitrogens with zero attached hydrogens (tertiary/aromatic N) is 3. The smallest absolute Gasteiger partial charge is 0.243 e. The van der Waals surface area contributed by atoms with Gasteiger partial charge in [0.1, 0.15) is 27.7 Å². The van der Waals surface area contributed by atoms with Gasteiger partial charge in [0.15, 0.2) is 0 Å². The van der Waals surface area contributed by atoms with Gasteiger partial charge in [-0.25, -0.2) is 18.4 Å². The standard InChI is InChI=1S/C17H17ClN4O3S/c1-22-10-9-19-17(22)16(12-3-5-13(25-2)6-4-12)21-26(23,24)14-7-8-15(18)20-11-14/h3-11,16,21H,1-2H3. The number of methoxy groups -OCH3 is 1. The van der Waals surface area contributed by atoms with Crippen LogP contribution < -0.4 is 9.46 Å². The number of ether oxygens (including phenoxy) is 1. The Morgan fingerprint density at radius 2 is 1.88 bits per heavy atom. The average molecular weight is 393 g/mol. The molecule has 1 N–H and O–H groups in total. The zero-order chi connectivity index (χ0) is 18.7. The van der Waals surface area contributed by atoms with E-state index in [-0.39, 0.29) is 10.0 Å². The molecule has 2 aromatic heterocycles. The third kappa shape index (κ3) is 3.87. The van der Waals surface area contributed by atoms with Crippen LogP contribution in [0.15, 0.2) is 59.9 Å². The second-order valence-electron chi connectivity index (χ2n) is 5.54. The SMILES string of the molecule is COc1ccc(C(NS(=O)(=O)c2ccc(Cl)nc2)c2nccn2C)cc1. The Morgan fingerprint density at radius 3 is 2.42 bits per heavy atom. The molecule has 1 unspecified atom stereocenters. The van der Waals surface area contributed by atoms with Gasteiger partial charge in [0, 0.05) is 25.6 Å². The number of imidazole rings is 1. The normalized spacial score (nSPS) is 12.7. The van der Waals surface area contributed by atoms with Gasteiger partial charge in [0.2, 0.25) is 10.0 Å². The van der Waals surface area contributed by atoms with Crippen molar-refractivity contribution in [2.75, 3.05) is 7.11 Å². The van der Waals surface area contributed by atoms with Gasteiger partial charge in [-0.3, -0.25) is 0 Å². The highest BCUT2D eigenvalue weighted by Gasteiger charge is 2.26. The molecule has 0 aliphatic rings. The van der Waals surface area contributed by atoms with E-state index in [1.807, 2.05) is 0 Å². The Morgan fingerprint density at radius 1 is 1.15 bits per heavy atom. The number of hydrogen-bond acceptors (Lipinski definition) is 5. The number of aryl methyl sites for hydroxylation is 1. The topological polar surface area (TPSA) is 86.1 Å². The predicted octanol–water partition coefficient (Wildman–Crippen LogP) is 2.55. The molecular formula is C17H17ClN4O3S. The first-order valence-corrected chi connectivity index (χ1v) is 9.52. The zero-order valence-electron chi connectivity index (χ0n) is 14.1. The fourth-order valence-corrected chi connectivity index (χ4v) is 3.70. The van der Waals surface area contributed by atoms with Gasteiger partial charge >= 0.3 is 0 Å². The second kappa shape index (κ2) is 7.45. The summed E-state index contributed by atoms with van der Waals surface area (Å²) in [5.74, 6) is 1.23. The van der Waals surface area contributed by atoms with Gasteiger partial charge in [0.05, 0.1) is 7.11 Å². The van der Waals surface area contributed by atoms with Crippen molar-refractivity contribution in [2.45, 2.75) is 10.9 Å². The summed E-state index contributed by atoms with van der Waals surface area (Å²) in [5.41, 5.74) is 0.727. The van der Waals surface area contributed by atoms with Crippen molar-refractivity contribution < 1.29 is 13.2 Å². The molecule has 0 bridgehead atoms. The summed E-state index contributed by atoms with van der Waals surface area (Å²) >= 11 is 5.74. The number of nitrogens with one attached hydrogen (secondary N) is 1. The number of halogens is 1. The molecule has 0 radical (unpaired) electrons. The van der Waals surface area contributed by atoms with Crippen LogP contribution in [0, 0.1) is 0 Å². The van der Waals surface area contributed by atoms with Crippen molar-refractivity contribution in [3.05, 3.63) is 71.5 Å². The zero-order valence-corrected chi connectivity index (χ0v) is 15.7. The molecule has 0 aliphatic carbocycles. The maximum Gasteiger partial charge on any atom is 0.243 e. The summed E-state index contributed by atoms with van der Waals surface area (Å²) in [4.78, 5) is 8.16. The van der Waals surface area contributed by atoms with Gasteiger partial charge in [0.25, 0.3) is 0 Å². The highest BCUT2D eigenvalue weighted by atomic mass is 35.5. The van der Waals surface area contributed by atoms with E-state index in [1.165, 1.54) is 18.3 Å². The van der Waals surface area contributed by atoms with Crippen molar-refractivity contribution >= 4 is 21.6 Å². The number of benzene rings is 1. The van der Waals surface area contributed by atoms with E-state index in [9.17, 15) is 8.42 Å². The highest BCUT2D eigenvalue weighted by molar-refractivity contribution is 7.89. The predicted molar refractivity (Wildman–Crippen MR) is 97.6 cm³/mol. The molecule has 0 amide bonds. The monoisotopic (exact) mass is 392 g/mol. The summed E-state index contributed by atoms with van der Waals surface area (Å²) in [6.07, 6.45) is 4.59. The number of rotatable bonds is 6. The van der Waals surface area contributed by atoms with E-state index in [0.717, 1.165) is 5.56 Å². The molecule has 0 spiro atoms. The van der Waals surface area contributed by atoms with Gasteiger partial charge in [-0.2, -0.15) is 4.72 Å². The minimum Gasteiger partial charge on any atom is -0.497 e. The third-order valence-electron chi connectivity index (χ3n) is 3.85. The van der Waals surface area contributed by atoms with E-state index >= 15 is 0 Å². The quantitative estimate of drug-likeness (QED) is 0.651. The minimum absolute atomic E-state index is 0.0228. The number of pyridine rings is 1. The molecular weight excluding hydrogens is 376 g/mol. The summed E-state index contributed by atoms with van der Waals surface area (Å²) in [6.45, 7) is 0. The minimum atomic E-state index is -3.84. The molecule has 3 rings (SSSR count). The van der Waals surface area contributed by atoms with Crippen LogP contribution >= 0.6 is 11.6 Å². The third-order valence-corrected chi connectivity index (χ3v) is 5.48. The molecule has 9 heteroatoms. The van der Waals surface area contributed by atoms with Crippen LogP contribution in [0.5, 0.6) is 5.75 Å². The van der Waals surface area contributed by atoms with Gasteiger partial charge < -0.3 is 9.30 Å². The lowest BCUT2D eigenvalue weighted by Crippen LogP contribution is -2.31. The van der Waals surface area contributed by atoms with Gasteiger partial charge in [-0.1, -0.05) is 23.7 Å². The lowest BCUT2D eigenvalue weighted by Gasteiger charge is -2.19. The molecule has 0 fully saturated rings. The van der Waals surface area contributed by atoms with Gasteiger partial charge in [-0.15, -0.1) is 0 Å². The first-order chi connectivity index (χ1) is 12.4. The van der Waals surface area contributed by atoms with Crippen LogP contribution in [-0.4, -0.2) is 30.1 Å². The lowest BCUT2D eigenvalue weighted by atomic mass is 10.1. The maximum absolute atomic E-state index is 12.8. The van der Waals surface area contributed by atoms with Crippen LogP contribution in [0.2, 0.25) is 5.15 Å². The average Bonchev–Trinajstić information content (AvgIpc) is 3.06. The Kier molecular flexibility index (Phi) is 5.26. The second-order valence-corrected chi connectivity index (χ2v) is 7.64. The van der Waals surface area contributed by atoms with E-state index in [4.69, 9.17) is 16.3 Å². The number of hydrogen-bond donors (Lipinski definition) is 1. The van der Waals surface area contributed by atoms with Crippen LogP contribution in [-0.2, 0) is 17.1 Å². The van der Waals surface area contributed by atoms with Crippen molar-refractivity contribution in [3.8, 4) is 5.75 Å². The van der Waals surface area contributed by atoms with Gasteiger partial charge in [-0.05, 0) is 29.8 Å². The van der Waals surface area contributed by atoms with Crippen LogP contribution in [0.3, 0.4) is 0 Å². The Balaban J connectivity index is 2.00. The Hall–Kier alpha value is -2.42. The number of aromatic nitrogens is 3. The van der Waals surface area contributed by atoms with E-state index in [0.29, 0.717) is 11.6 Å². The highest BCUT2D eigenvalue weighted by Crippen LogP contribution is 2.25. The Labute approximate surface area is 156 Å². The van der Waals surface area contributed by atoms with E-state index in [2.05, 4.69) is 14.7 Å². The molecule has 2 heterocycles.